The smallest absolute Gasteiger partial charge is 0.322 e. The molecule has 142 valence electrons. The van der Waals surface area contributed by atoms with Crippen molar-refractivity contribution in [2.45, 2.75) is 32.7 Å². The van der Waals surface area contributed by atoms with Crippen LogP contribution in [0, 0.1) is 5.92 Å². The van der Waals surface area contributed by atoms with Crippen LogP contribution < -0.4 is 10.6 Å². The third-order valence-corrected chi connectivity index (χ3v) is 4.22. The Bertz CT molecular complexity index is 666. The number of halogens is 1. The second-order valence-electron chi connectivity index (χ2n) is 6.55. The van der Waals surface area contributed by atoms with Crippen LogP contribution in [-0.4, -0.2) is 48.5 Å². The largest absolute Gasteiger partial charge is 0.466 e. The Morgan fingerprint density at radius 3 is 2.88 bits per heavy atom. The molecule has 0 bridgehead atoms. The minimum atomic E-state index is -0.894. The lowest BCUT2D eigenvalue weighted by molar-refractivity contribution is -0.147. The van der Waals surface area contributed by atoms with Crippen LogP contribution in [0.2, 0.25) is 5.02 Å². The lowest BCUT2D eigenvalue weighted by Crippen LogP contribution is -2.58. The first-order chi connectivity index (χ1) is 12.4. The quantitative estimate of drug-likeness (QED) is 0.741. The molecule has 1 fully saturated rings. The van der Waals surface area contributed by atoms with Gasteiger partial charge in [0.05, 0.1) is 13.0 Å². The van der Waals surface area contributed by atoms with Crippen molar-refractivity contribution in [3.63, 3.8) is 0 Å². The average Bonchev–Trinajstić information content (AvgIpc) is 2.56. The van der Waals surface area contributed by atoms with Gasteiger partial charge in [-0.2, -0.15) is 0 Å². The Morgan fingerprint density at radius 2 is 2.19 bits per heavy atom. The molecule has 1 aromatic carbocycles. The first-order valence-electron chi connectivity index (χ1n) is 8.63. The number of hydrogen-bond acceptors (Lipinski definition) is 4. The van der Waals surface area contributed by atoms with Crippen LogP contribution in [0.15, 0.2) is 24.3 Å². The molecule has 1 aliphatic rings. The fourth-order valence-corrected chi connectivity index (χ4v) is 2.74. The number of urea groups is 1. The van der Waals surface area contributed by atoms with Crippen molar-refractivity contribution in [1.29, 1.82) is 0 Å². The van der Waals surface area contributed by atoms with Crippen LogP contribution in [0.3, 0.4) is 0 Å². The van der Waals surface area contributed by atoms with Gasteiger partial charge in [0.25, 0.3) is 0 Å². The number of nitrogens with one attached hydrogen (secondary N) is 2. The molecule has 8 heteroatoms. The van der Waals surface area contributed by atoms with E-state index in [-0.39, 0.29) is 12.3 Å². The maximum atomic E-state index is 12.6. The highest BCUT2D eigenvalue weighted by Crippen LogP contribution is 2.17. The summed E-state index contributed by atoms with van der Waals surface area (Å²) in [7, 11) is 0. The number of carbonyl (C=O) groups is 3. The first kappa shape index (κ1) is 20.0. The number of benzene rings is 1. The fraction of sp³-hybridized carbons (Fsp3) is 0.500. The molecule has 1 aromatic rings. The number of nitrogens with zero attached hydrogens (tertiary/aromatic N) is 1. The highest BCUT2D eigenvalue weighted by molar-refractivity contribution is 6.30. The Kier molecular flexibility index (Phi) is 7.26. The van der Waals surface area contributed by atoms with Gasteiger partial charge in [0.15, 0.2) is 0 Å². The standard InChI is InChI=1S/C18H24ClN3O4/c1-12(2)6-9-26-16(23)11-15-17(24)20-7-8-22(15)18(25)21-14-5-3-4-13(19)10-14/h3-5,10,12,15H,6-9,11H2,1-2H3,(H,20,24)(H,21,25). The van der Waals surface area contributed by atoms with Gasteiger partial charge in [0.1, 0.15) is 6.04 Å². The number of anilines is 1. The minimum Gasteiger partial charge on any atom is -0.466 e. The summed E-state index contributed by atoms with van der Waals surface area (Å²) in [5.74, 6) is -0.438. The van der Waals surface area contributed by atoms with Gasteiger partial charge in [-0.3, -0.25) is 9.59 Å². The Morgan fingerprint density at radius 1 is 1.42 bits per heavy atom. The molecule has 3 amide bonds. The molecular weight excluding hydrogens is 358 g/mol. The molecule has 2 rings (SSSR count). The molecule has 26 heavy (non-hydrogen) atoms. The summed E-state index contributed by atoms with van der Waals surface area (Å²) in [6.45, 7) is 5.01. The van der Waals surface area contributed by atoms with Gasteiger partial charge in [0.2, 0.25) is 5.91 Å². The van der Waals surface area contributed by atoms with Gasteiger partial charge in [-0.15, -0.1) is 0 Å². The zero-order valence-electron chi connectivity index (χ0n) is 15.0. The van der Waals surface area contributed by atoms with Gasteiger partial charge >= 0.3 is 12.0 Å². The van der Waals surface area contributed by atoms with Crippen LogP contribution in [0.25, 0.3) is 0 Å². The topological polar surface area (TPSA) is 87.7 Å². The van der Waals surface area contributed by atoms with E-state index in [9.17, 15) is 14.4 Å². The van der Waals surface area contributed by atoms with E-state index in [2.05, 4.69) is 10.6 Å². The Hall–Kier alpha value is -2.28. The van der Waals surface area contributed by atoms with Gasteiger partial charge in [0, 0.05) is 23.8 Å². The molecule has 1 saturated heterocycles. The van der Waals surface area contributed by atoms with E-state index in [0.29, 0.717) is 36.3 Å². The molecule has 0 radical (unpaired) electrons. The molecule has 7 nitrogen and oxygen atoms in total. The number of rotatable bonds is 6. The molecule has 0 aliphatic carbocycles. The van der Waals surface area contributed by atoms with E-state index in [4.69, 9.17) is 16.3 Å². The summed E-state index contributed by atoms with van der Waals surface area (Å²) < 4.78 is 5.17. The van der Waals surface area contributed by atoms with Crippen molar-refractivity contribution in [2.24, 2.45) is 5.92 Å². The molecule has 1 atom stereocenters. The highest BCUT2D eigenvalue weighted by Gasteiger charge is 2.35. The maximum Gasteiger partial charge on any atom is 0.322 e. The summed E-state index contributed by atoms with van der Waals surface area (Å²) in [4.78, 5) is 38.1. The van der Waals surface area contributed by atoms with Crippen LogP contribution in [-0.2, 0) is 14.3 Å². The van der Waals surface area contributed by atoms with Crippen LogP contribution >= 0.6 is 11.6 Å². The monoisotopic (exact) mass is 381 g/mol. The van der Waals surface area contributed by atoms with E-state index in [1.165, 1.54) is 4.90 Å². The fourth-order valence-electron chi connectivity index (χ4n) is 2.55. The highest BCUT2D eigenvalue weighted by atomic mass is 35.5. The van der Waals surface area contributed by atoms with Gasteiger partial charge in [-0.05, 0) is 30.5 Å². The van der Waals surface area contributed by atoms with Gasteiger partial charge < -0.3 is 20.3 Å². The summed E-state index contributed by atoms with van der Waals surface area (Å²) in [5, 5.41) is 5.88. The summed E-state index contributed by atoms with van der Waals surface area (Å²) in [6.07, 6.45) is 0.578. The van der Waals surface area contributed by atoms with E-state index >= 15 is 0 Å². The molecule has 0 spiro atoms. The predicted molar refractivity (Wildman–Crippen MR) is 99.0 cm³/mol. The number of ether oxygens (including phenoxy) is 1. The second kappa shape index (κ2) is 9.43. The van der Waals surface area contributed by atoms with Crippen LogP contribution in [0.5, 0.6) is 0 Å². The Balaban J connectivity index is 1.99. The summed E-state index contributed by atoms with van der Waals surface area (Å²) in [5.41, 5.74) is 0.520. The van der Waals surface area contributed by atoms with Crippen molar-refractivity contribution in [1.82, 2.24) is 10.2 Å². The molecule has 2 N–H and O–H groups in total. The van der Waals surface area contributed by atoms with Gasteiger partial charge in [-0.1, -0.05) is 31.5 Å². The molecule has 0 saturated carbocycles. The number of amides is 3. The van der Waals surface area contributed by atoms with Crippen LogP contribution in [0.1, 0.15) is 26.7 Å². The molecular formula is C18H24ClN3O4. The van der Waals surface area contributed by atoms with E-state index in [1.54, 1.807) is 24.3 Å². The summed E-state index contributed by atoms with van der Waals surface area (Å²) >= 11 is 5.92. The molecule has 0 aromatic heterocycles. The van der Waals surface area contributed by atoms with E-state index < -0.39 is 18.0 Å². The predicted octanol–water partition coefficient (Wildman–Crippen LogP) is 2.65. The minimum absolute atomic E-state index is 0.174. The van der Waals surface area contributed by atoms with Gasteiger partial charge in [-0.25, -0.2) is 4.79 Å². The lowest BCUT2D eigenvalue weighted by atomic mass is 10.1. The molecule has 1 unspecified atom stereocenters. The number of piperazine rings is 1. The maximum absolute atomic E-state index is 12.6. The van der Waals surface area contributed by atoms with Crippen molar-refractivity contribution >= 4 is 35.2 Å². The third-order valence-electron chi connectivity index (χ3n) is 3.99. The van der Waals surface area contributed by atoms with E-state index in [0.717, 1.165) is 6.42 Å². The van der Waals surface area contributed by atoms with Crippen LogP contribution in [0.4, 0.5) is 10.5 Å². The average molecular weight is 382 g/mol. The normalized spacial score (nSPS) is 17.0. The zero-order valence-corrected chi connectivity index (χ0v) is 15.7. The second-order valence-corrected chi connectivity index (χ2v) is 6.98. The van der Waals surface area contributed by atoms with E-state index in [1.807, 2.05) is 13.8 Å². The number of hydrogen-bond donors (Lipinski definition) is 2. The van der Waals surface area contributed by atoms with Crippen molar-refractivity contribution < 1.29 is 19.1 Å². The SMILES string of the molecule is CC(C)CCOC(=O)CC1C(=O)NCCN1C(=O)Nc1cccc(Cl)c1. The first-order valence-corrected chi connectivity index (χ1v) is 9.01. The lowest BCUT2D eigenvalue weighted by Gasteiger charge is -2.34. The molecule has 1 heterocycles. The number of esters is 1. The summed E-state index contributed by atoms with van der Waals surface area (Å²) in [6, 6.07) is 5.37. The number of carbonyl (C=O) groups excluding carboxylic acids is 3. The molecule has 1 aliphatic heterocycles. The van der Waals surface area contributed by atoms with Crippen molar-refractivity contribution in [2.75, 3.05) is 25.0 Å². The van der Waals surface area contributed by atoms with Crippen molar-refractivity contribution in [3.05, 3.63) is 29.3 Å². The third kappa shape index (κ3) is 5.91. The zero-order chi connectivity index (χ0) is 19.1. The Labute approximate surface area is 158 Å². The van der Waals surface area contributed by atoms with Crippen molar-refractivity contribution in [3.8, 4) is 0 Å².